The average Bonchev–Trinajstić information content (AvgIpc) is 2.34. The van der Waals surface area contributed by atoms with Crippen molar-refractivity contribution in [3.05, 3.63) is 29.8 Å². The highest BCUT2D eigenvalue weighted by Crippen LogP contribution is 2.18. The molecule has 16 heavy (non-hydrogen) atoms. The molecular formula is C12H17NO3. The van der Waals surface area contributed by atoms with Gasteiger partial charge in [0, 0.05) is 31.5 Å². The van der Waals surface area contributed by atoms with Crippen LogP contribution < -0.4 is 4.90 Å². The van der Waals surface area contributed by atoms with E-state index in [0.717, 1.165) is 12.0 Å². The normalized spacial score (nSPS) is 10.1. The molecule has 0 saturated carbocycles. The number of hydrogen-bond donors (Lipinski definition) is 1. The number of aliphatic hydroxyl groups is 1. The van der Waals surface area contributed by atoms with Gasteiger partial charge in [-0.2, -0.15) is 0 Å². The van der Waals surface area contributed by atoms with E-state index >= 15 is 0 Å². The van der Waals surface area contributed by atoms with E-state index in [1.54, 1.807) is 13.2 Å². The lowest BCUT2D eigenvalue weighted by Crippen LogP contribution is -2.30. The summed E-state index contributed by atoms with van der Waals surface area (Å²) in [5, 5.41) is 8.99. The van der Waals surface area contributed by atoms with Crippen LogP contribution in [0.4, 0.5) is 5.69 Å². The molecule has 4 heteroatoms. The number of anilines is 1. The fourth-order valence-corrected chi connectivity index (χ4v) is 1.55. The van der Waals surface area contributed by atoms with Crippen molar-refractivity contribution in [1.29, 1.82) is 0 Å². The van der Waals surface area contributed by atoms with Gasteiger partial charge in [0.05, 0.1) is 13.2 Å². The van der Waals surface area contributed by atoms with Crippen molar-refractivity contribution >= 4 is 12.0 Å². The Morgan fingerprint density at radius 2 is 2.12 bits per heavy atom. The van der Waals surface area contributed by atoms with E-state index in [0.29, 0.717) is 25.3 Å². The number of aliphatic hydroxyl groups excluding tert-OH is 1. The van der Waals surface area contributed by atoms with E-state index in [1.807, 2.05) is 23.1 Å². The molecule has 0 bridgehead atoms. The van der Waals surface area contributed by atoms with Gasteiger partial charge in [-0.3, -0.25) is 4.79 Å². The highest BCUT2D eigenvalue weighted by atomic mass is 16.5. The zero-order valence-corrected chi connectivity index (χ0v) is 9.43. The van der Waals surface area contributed by atoms with Gasteiger partial charge >= 0.3 is 0 Å². The predicted molar refractivity (Wildman–Crippen MR) is 63.0 cm³/mol. The van der Waals surface area contributed by atoms with Gasteiger partial charge < -0.3 is 14.7 Å². The SMILES string of the molecule is COCCN(CCO)c1ccccc1C=O. The van der Waals surface area contributed by atoms with E-state index in [4.69, 9.17) is 9.84 Å². The van der Waals surface area contributed by atoms with Crippen LogP contribution in [0.15, 0.2) is 24.3 Å². The molecule has 0 saturated heterocycles. The third kappa shape index (κ3) is 3.32. The smallest absolute Gasteiger partial charge is 0.152 e. The third-order valence-corrected chi connectivity index (χ3v) is 2.34. The zero-order valence-electron chi connectivity index (χ0n) is 9.43. The molecule has 0 unspecified atom stereocenters. The maximum Gasteiger partial charge on any atom is 0.152 e. The number of para-hydroxylation sites is 1. The van der Waals surface area contributed by atoms with Crippen molar-refractivity contribution in [3.63, 3.8) is 0 Å². The first-order chi connectivity index (χ1) is 7.83. The van der Waals surface area contributed by atoms with E-state index in [-0.39, 0.29) is 6.61 Å². The molecule has 0 aliphatic heterocycles. The molecule has 0 amide bonds. The van der Waals surface area contributed by atoms with Gasteiger partial charge in [-0.1, -0.05) is 12.1 Å². The standard InChI is InChI=1S/C12H17NO3/c1-16-9-7-13(6-8-14)12-5-3-2-4-11(12)10-15/h2-5,10,14H,6-9H2,1H3. The van der Waals surface area contributed by atoms with Crippen molar-refractivity contribution in [2.45, 2.75) is 0 Å². The van der Waals surface area contributed by atoms with Crippen LogP contribution in [0.2, 0.25) is 0 Å². The Balaban J connectivity index is 2.85. The predicted octanol–water partition coefficient (Wildman–Crippen LogP) is 0.944. The molecule has 0 spiro atoms. The third-order valence-electron chi connectivity index (χ3n) is 2.34. The van der Waals surface area contributed by atoms with Crippen LogP contribution >= 0.6 is 0 Å². The maximum absolute atomic E-state index is 10.9. The molecule has 0 radical (unpaired) electrons. The second-order valence-electron chi connectivity index (χ2n) is 3.38. The van der Waals surface area contributed by atoms with E-state index in [9.17, 15) is 4.79 Å². The van der Waals surface area contributed by atoms with Crippen molar-refractivity contribution in [1.82, 2.24) is 0 Å². The minimum Gasteiger partial charge on any atom is -0.395 e. The largest absolute Gasteiger partial charge is 0.395 e. The molecule has 1 N–H and O–H groups in total. The maximum atomic E-state index is 10.9. The Morgan fingerprint density at radius 3 is 2.75 bits per heavy atom. The van der Waals surface area contributed by atoms with Gasteiger partial charge in [0.25, 0.3) is 0 Å². The number of carbonyl (C=O) groups excluding carboxylic acids is 1. The molecule has 1 rings (SSSR count). The molecule has 0 aromatic heterocycles. The summed E-state index contributed by atoms with van der Waals surface area (Å²) in [6.07, 6.45) is 0.826. The molecule has 1 aromatic rings. The first-order valence-corrected chi connectivity index (χ1v) is 5.22. The Bertz CT molecular complexity index is 328. The summed E-state index contributed by atoms with van der Waals surface area (Å²) in [6, 6.07) is 7.33. The highest BCUT2D eigenvalue weighted by Gasteiger charge is 2.09. The second-order valence-corrected chi connectivity index (χ2v) is 3.38. The number of methoxy groups -OCH3 is 1. The molecule has 0 aliphatic rings. The highest BCUT2D eigenvalue weighted by molar-refractivity contribution is 5.84. The lowest BCUT2D eigenvalue weighted by Gasteiger charge is -2.24. The lowest BCUT2D eigenvalue weighted by molar-refractivity contribution is 0.112. The van der Waals surface area contributed by atoms with E-state index in [2.05, 4.69) is 0 Å². The first kappa shape index (κ1) is 12.7. The van der Waals surface area contributed by atoms with Gasteiger partial charge in [0.2, 0.25) is 0 Å². The van der Waals surface area contributed by atoms with Crippen LogP contribution in [0.25, 0.3) is 0 Å². The minimum atomic E-state index is 0.0525. The Labute approximate surface area is 95.5 Å². The molecule has 0 aliphatic carbocycles. The Morgan fingerprint density at radius 1 is 1.38 bits per heavy atom. The van der Waals surface area contributed by atoms with Gasteiger partial charge in [0.1, 0.15) is 0 Å². The van der Waals surface area contributed by atoms with Crippen LogP contribution in [-0.2, 0) is 4.74 Å². The first-order valence-electron chi connectivity index (χ1n) is 5.22. The van der Waals surface area contributed by atoms with Gasteiger partial charge in [-0.05, 0) is 12.1 Å². The van der Waals surface area contributed by atoms with E-state index < -0.39 is 0 Å². The summed E-state index contributed by atoms with van der Waals surface area (Å²) >= 11 is 0. The van der Waals surface area contributed by atoms with Gasteiger partial charge in [-0.25, -0.2) is 0 Å². The number of nitrogens with zero attached hydrogens (tertiary/aromatic N) is 1. The molecule has 0 heterocycles. The van der Waals surface area contributed by atoms with Crippen LogP contribution in [0.5, 0.6) is 0 Å². The summed E-state index contributed by atoms with van der Waals surface area (Å²) in [7, 11) is 1.63. The van der Waals surface area contributed by atoms with Crippen molar-refractivity contribution in [2.24, 2.45) is 0 Å². The van der Waals surface area contributed by atoms with Crippen molar-refractivity contribution in [3.8, 4) is 0 Å². The Kier molecular flexibility index (Phi) is 5.53. The summed E-state index contributed by atoms with van der Waals surface area (Å²) in [4.78, 5) is 12.8. The van der Waals surface area contributed by atoms with Crippen molar-refractivity contribution in [2.75, 3.05) is 38.3 Å². The number of carbonyl (C=O) groups is 1. The van der Waals surface area contributed by atoms with Gasteiger partial charge in [0.15, 0.2) is 6.29 Å². The molecule has 0 atom stereocenters. The van der Waals surface area contributed by atoms with Crippen LogP contribution in [0, 0.1) is 0 Å². The monoisotopic (exact) mass is 223 g/mol. The second kappa shape index (κ2) is 6.98. The molecule has 88 valence electrons. The van der Waals surface area contributed by atoms with Crippen molar-refractivity contribution < 1.29 is 14.6 Å². The summed E-state index contributed by atoms with van der Waals surface area (Å²) in [6.45, 7) is 1.76. The average molecular weight is 223 g/mol. The molecule has 0 fully saturated rings. The zero-order chi connectivity index (χ0) is 11.8. The fourth-order valence-electron chi connectivity index (χ4n) is 1.55. The van der Waals surface area contributed by atoms with E-state index in [1.165, 1.54) is 0 Å². The summed E-state index contributed by atoms with van der Waals surface area (Å²) in [5.74, 6) is 0. The minimum absolute atomic E-state index is 0.0525. The quantitative estimate of drug-likeness (QED) is 0.699. The molecule has 1 aromatic carbocycles. The molecular weight excluding hydrogens is 206 g/mol. The summed E-state index contributed by atoms with van der Waals surface area (Å²) < 4.78 is 5.00. The summed E-state index contributed by atoms with van der Waals surface area (Å²) in [5.41, 5.74) is 1.47. The number of ether oxygens (including phenoxy) is 1. The number of aldehydes is 1. The number of hydrogen-bond acceptors (Lipinski definition) is 4. The number of benzene rings is 1. The Hall–Kier alpha value is -1.39. The molecule has 4 nitrogen and oxygen atoms in total. The van der Waals surface area contributed by atoms with Gasteiger partial charge in [-0.15, -0.1) is 0 Å². The van der Waals surface area contributed by atoms with Crippen LogP contribution in [0.1, 0.15) is 10.4 Å². The van der Waals surface area contributed by atoms with Crippen LogP contribution in [-0.4, -0.2) is 44.8 Å². The topological polar surface area (TPSA) is 49.8 Å². The fraction of sp³-hybridized carbons (Fsp3) is 0.417. The van der Waals surface area contributed by atoms with Crippen LogP contribution in [0.3, 0.4) is 0 Å². The number of rotatable bonds is 7. The lowest BCUT2D eigenvalue weighted by atomic mass is 10.1.